The minimum Gasteiger partial charge on any atom is -0.258 e. The number of aryl methyl sites for hydroxylation is 1. The molecule has 88 valence electrons. The summed E-state index contributed by atoms with van der Waals surface area (Å²) in [6, 6.07) is 6.68. The van der Waals surface area contributed by atoms with Crippen LogP contribution in [-0.4, -0.2) is 10.3 Å². The first-order valence-corrected chi connectivity index (χ1v) is 5.94. The summed E-state index contributed by atoms with van der Waals surface area (Å²) in [7, 11) is 0. The van der Waals surface area contributed by atoms with Crippen molar-refractivity contribution in [2.24, 2.45) is 0 Å². The van der Waals surface area contributed by atoms with Crippen molar-refractivity contribution in [2.75, 3.05) is 0 Å². The molecule has 0 bridgehead atoms. The molecule has 0 spiro atoms. The van der Waals surface area contributed by atoms with E-state index in [0.717, 1.165) is 31.2 Å². The summed E-state index contributed by atoms with van der Waals surface area (Å²) in [6.45, 7) is 2.11. The first kappa shape index (κ1) is 13.0. The molecule has 1 rings (SSSR count). The van der Waals surface area contributed by atoms with E-state index in [1.165, 1.54) is 0 Å². The highest BCUT2D eigenvalue weighted by Crippen LogP contribution is 2.16. The summed E-state index contributed by atoms with van der Waals surface area (Å²) >= 11 is 6.10. The second-order valence-electron chi connectivity index (χ2n) is 3.85. The average Bonchev–Trinajstić information content (AvgIpc) is 2.27. The lowest BCUT2D eigenvalue weighted by Crippen LogP contribution is -2.00. The van der Waals surface area contributed by atoms with Gasteiger partial charge in [-0.05, 0) is 24.8 Å². The van der Waals surface area contributed by atoms with Gasteiger partial charge in [-0.3, -0.25) is 10.1 Å². The lowest BCUT2D eigenvalue weighted by Gasteiger charge is -2.07. The number of alkyl halides is 1. The van der Waals surface area contributed by atoms with Crippen LogP contribution in [0.25, 0.3) is 0 Å². The summed E-state index contributed by atoms with van der Waals surface area (Å²) in [4.78, 5) is 10.1. The molecular weight excluding hydrogens is 226 g/mol. The molecule has 1 aromatic rings. The Bertz CT molecular complexity index is 337. The number of hydrogen-bond donors (Lipinski definition) is 0. The van der Waals surface area contributed by atoms with Crippen molar-refractivity contribution in [1.82, 2.24) is 0 Å². The molecular formula is C12H16ClNO2. The summed E-state index contributed by atoms with van der Waals surface area (Å²) in [6.07, 6.45) is 3.92. The van der Waals surface area contributed by atoms with Crippen LogP contribution in [0.5, 0.6) is 0 Å². The molecule has 0 aliphatic rings. The van der Waals surface area contributed by atoms with Crippen molar-refractivity contribution >= 4 is 17.3 Å². The van der Waals surface area contributed by atoms with Crippen molar-refractivity contribution in [3.8, 4) is 0 Å². The zero-order chi connectivity index (χ0) is 12.0. The van der Waals surface area contributed by atoms with Gasteiger partial charge in [-0.1, -0.05) is 25.5 Å². The van der Waals surface area contributed by atoms with Crippen molar-refractivity contribution in [3.63, 3.8) is 0 Å². The maximum absolute atomic E-state index is 10.4. The predicted octanol–water partition coefficient (Wildman–Crippen LogP) is 3.93. The molecule has 1 atom stereocenters. The molecule has 0 saturated carbocycles. The van der Waals surface area contributed by atoms with Gasteiger partial charge in [-0.15, -0.1) is 11.6 Å². The minimum absolute atomic E-state index is 0.139. The quantitative estimate of drug-likeness (QED) is 0.430. The molecule has 0 radical (unpaired) electrons. The third-order valence-electron chi connectivity index (χ3n) is 2.50. The Morgan fingerprint density at radius 1 is 1.31 bits per heavy atom. The van der Waals surface area contributed by atoms with E-state index in [-0.39, 0.29) is 16.0 Å². The normalized spacial score (nSPS) is 12.4. The number of nitro benzene ring substituents is 1. The summed E-state index contributed by atoms with van der Waals surface area (Å²) < 4.78 is 0. The monoisotopic (exact) mass is 241 g/mol. The average molecular weight is 242 g/mol. The third-order valence-corrected chi connectivity index (χ3v) is 2.93. The van der Waals surface area contributed by atoms with Crippen LogP contribution in [0.15, 0.2) is 24.3 Å². The molecule has 1 aromatic carbocycles. The van der Waals surface area contributed by atoms with Gasteiger partial charge in [0.05, 0.1) is 4.92 Å². The van der Waals surface area contributed by atoms with Gasteiger partial charge in [0.25, 0.3) is 5.69 Å². The van der Waals surface area contributed by atoms with E-state index in [1.807, 2.05) is 0 Å². The summed E-state index contributed by atoms with van der Waals surface area (Å²) in [5.41, 5.74) is 1.24. The predicted molar refractivity (Wildman–Crippen MR) is 66.0 cm³/mol. The van der Waals surface area contributed by atoms with Crippen LogP contribution in [0.3, 0.4) is 0 Å². The van der Waals surface area contributed by atoms with Gasteiger partial charge in [-0.2, -0.15) is 0 Å². The highest BCUT2D eigenvalue weighted by Gasteiger charge is 2.06. The molecule has 16 heavy (non-hydrogen) atoms. The fourth-order valence-corrected chi connectivity index (χ4v) is 1.89. The van der Waals surface area contributed by atoms with Crippen LogP contribution in [0, 0.1) is 10.1 Å². The molecule has 0 N–H and O–H groups in total. The van der Waals surface area contributed by atoms with E-state index in [0.29, 0.717) is 0 Å². The highest BCUT2D eigenvalue weighted by molar-refractivity contribution is 6.20. The maximum atomic E-state index is 10.4. The third kappa shape index (κ3) is 4.19. The lowest BCUT2D eigenvalue weighted by atomic mass is 10.1. The lowest BCUT2D eigenvalue weighted by molar-refractivity contribution is -0.384. The number of non-ortho nitro benzene ring substituents is 1. The van der Waals surface area contributed by atoms with E-state index >= 15 is 0 Å². The molecule has 0 fully saturated rings. The van der Waals surface area contributed by atoms with Gasteiger partial charge >= 0.3 is 0 Å². The number of rotatable bonds is 6. The van der Waals surface area contributed by atoms with Crippen LogP contribution in [-0.2, 0) is 6.42 Å². The molecule has 4 heteroatoms. The second kappa shape index (κ2) is 6.48. The zero-order valence-electron chi connectivity index (χ0n) is 9.36. The number of nitro groups is 1. The standard InChI is InChI=1S/C12H16ClNO2/c1-2-3-11(13)7-4-10-5-8-12(9-6-10)14(15)16/h5-6,8-9,11H,2-4,7H2,1H3. The molecule has 1 unspecified atom stereocenters. The van der Waals surface area contributed by atoms with Crippen LogP contribution >= 0.6 is 11.6 Å². The number of benzene rings is 1. The Morgan fingerprint density at radius 2 is 1.94 bits per heavy atom. The largest absolute Gasteiger partial charge is 0.269 e. The molecule has 0 aromatic heterocycles. The Morgan fingerprint density at radius 3 is 2.44 bits per heavy atom. The van der Waals surface area contributed by atoms with Crippen LogP contribution in [0.4, 0.5) is 5.69 Å². The number of halogens is 1. The topological polar surface area (TPSA) is 43.1 Å². The minimum atomic E-state index is -0.384. The molecule has 3 nitrogen and oxygen atoms in total. The highest BCUT2D eigenvalue weighted by atomic mass is 35.5. The van der Waals surface area contributed by atoms with Crippen LogP contribution in [0.1, 0.15) is 31.7 Å². The SMILES string of the molecule is CCCC(Cl)CCc1ccc([N+](=O)[O-])cc1. The van der Waals surface area contributed by atoms with Crippen LogP contribution in [0.2, 0.25) is 0 Å². The molecule has 0 heterocycles. The molecule has 0 amide bonds. The van der Waals surface area contributed by atoms with Gasteiger partial charge in [0, 0.05) is 17.5 Å². The fraction of sp³-hybridized carbons (Fsp3) is 0.500. The van der Waals surface area contributed by atoms with Crippen molar-refractivity contribution < 1.29 is 4.92 Å². The van der Waals surface area contributed by atoms with Crippen molar-refractivity contribution in [3.05, 3.63) is 39.9 Å². The molecule has 0 aliphatic carbocycles. The Balaban J connectivity index is 2.46. The van der Waals surface area contributed by atoms with Gasteiger partial charge in [0.15, 0.2) is 0 Å². The first-order valence-electron chi connectivity index (χ1n) is 5.51. The smallest absolute Gasteiger partial charge is 0.258 e. The van der Waals surface area contributed by atoms with E-state index < -0.39 is 0 Å². The van der Waals surface area contributed by atoms with Gasteiger partial charge in [0.2, 0.25) is 0 Å². The van der Waals surface area contributed by atoms with Gasteiger partial charge < -0.3 is 0 Å². The number of hydrogen-bond acceptors (Lipinski definition) is 2. The maximum Gasteiger partial charge on any atom is 0.269 e. The summed E-state index contributed by atoms with van der Waals surface area (Å²) in [5.74, 6) is 0. The molecule has 0 aliphatic heterocycles. The van der Waals surface area contributed by atoms with Gasteiger partial charge in [0.1, 0.15) is 0 Å². The first-order chi connectivity index (χ1) is 7.63. The van der Waals surface area contributed by atoms with Gasteiger partial charge in [-0.25, -0.2) is 0 Å². The van der Waals surface area contributed by atoms with Crippen molar-refractivity contribution in [1.29, 1.82) is 0 Å². The van der Waals surface area contributed by atoms with E-state index in [1.54, 1.807) is 24.3 Å². The summed E-state index contributed by atoms with van der Waals surface area (Å²) in [5, 5.41) is 10.7. The van der Waals surface area contributed by atoms with E-state index in [4.69, 9.17) is 11.6 Å². The van der Waals surface area contributed by atoms with E-state index in [2.05, 4.69) is 6.92 Å². The van der Waals surface area contributed by atoms with Crippen LogP contribution < -0.4 is 0 Å². The Kier molecular flexibility index (Phi) is 5.26. The van der Waals surface area contributed by atoms with Crippen molar-refractivity contribution in [2.45, 2.75) is 38.0 Å². The Hall–Kier alpha value is -1.09. The number of nitrogens with zero attached hydrogens (tertiary/aromatic N) is 1. The van der Waals surface area contributed by atoms with E-state index in [9.17, 15) is 10.1 Å². The second-order valence-corrected chi connectivity index (χ2v) is 4.47. The Labute approximate surface area is 101 Å². The fourth-order valence-electron chi connectivity index (χ4n) is 1.57. The molecule has 0 saturated heterocycles. The zero-order valence-corrected chi connectivity index (χ0v) is 10.1.